The number of halogens is 3. The number of aromatic nitrogens is 3. The van der Waals surface area contributed by atoms with Crippen LogP contribution in [0.25, 0.3) is 98.4 Å². The van der Waals surface area contributed by atoms with E-state index in [1.165, 1.54) is 0 Å². The molecule has 12 heteroatoms. The predicted octanol–water partition coefficient (Wildman–Crippen LogP) is 12.1. The van der Waals surface area contributed by atoms with E-state index in [2.05, 4.69) is 0 Å². The molecule has 10 rings (SSSR count). The van der Waals surface area contributed by atoms with Crippen LogP contribution in [0.5, 0.6) is 34.9 Å². The standard InChI is InChI=1S/C45H30Cl3N3O6/c1-52-40-25(19-7-13-22(46)14-8-19)37-31-28-32-30-33-29(31)35(44(49-37)56-5)42(54-3)27(21-11-17-24(48)18-12-21)39(33)51-45(57-6)36(30)41(53-2)26(20-9-15-23(47)16-10-20)38(32)50-43(55-4)34(28)40/h7-18H,1-6H3. The summed E-state index contributed by atoms with van der Waals surface area (Å²) in [6.45, 7) is 0. The Hall–Kier alpha value is -6.00. The summed E-state index contributed by atoms with van der Waals surface area (Å²) in [6.07, 6.45) is 0. The summed E-state index contributed by atoms with van der Waals surface area (Å²) in [5.74, 6) is 2.58. The van der Waals surface area contributed by atoms with Gasteiger partial charge >= 0.3 is 0 Å². The first-order chi connectivity index (χ1) is 27.8. The molecule has 0 aliphatic heterocycles. The molecule has 0 N–H and O–H groups in total. The number of hydrogen-bond donors (Lipinski definition) is 0. The Kier molecular flexibility index (Phi) is 8.09. The third-order valence-electron chi connectivity index (χ3n) is 10.9. The van der Waals surface area contributed by atoms with Crippen LogP contribution in [0, 0.1) is 0 Å². The fraction of sp³-hybridized carbons (Fsp3) is 0.133. The molecule has 0 fully saturated rings. The zero-order valence-electron chi connectivity index (χ0n) is 31.4. The van der Waals surface area contributed by atoms with E-state index in [1.807, 2.05) is 72.8 Å². The Morgan fingerprint density at radius 2 is 0.561 bits per heavy atom. The van der Waals surface area contributed by atoms with Gasteiger partial charge in [-0.3, -0.25) is 0 Å². The Bertz CT molecular complexity index is 2840. The lowest BCUT2D eigenvalue weighted by Crippen LogP contribution is -2.07. The van der Waals surface area contributed by atoms with Crippen LogP contribution in [0.2, 0.25) is 15.1 Å². The van der Waals surface area contributed by atoms with Gasteiger partial charge in [0, 0.05) is 47.4 Å². The van der Waals surface area contributed by atoms with Gasteiger partial charge in [0.05, 0.1) is 92.1 Å². The summed E-state index contributed by atoms with van der Waals surface area (Å²) in [5.41, 5.74) is 6.44. The highest BCUT2D eigenvalue weighted by molar-refractivity contribution is 6.49. The molecule has 0 saturated carbocycles. The van der Waals surface area contributed by atoms with Gasteiger partial charge in [-0.25, -0.2) is 15.0 Å². The third-order valence-corrected chi connectivity index (χ3v) is 11.7. The van der Waals surface area contributed by atoms with Crippen LogP contribution in [-0.4, -0.2) is 57.6 Å². The van der Waals surface area contributed by atoms with Crippen molar-refractivity contribution in [3.63, 3.8) is 0 Å². The summed E-state index contributed by atoms with van der Waals surface area (Å²) in [5, 5.41) is 8.62. The zero-order chi connectivity index (χ0) is 39.4. The van der Waals surface area contributed by atoms with Crippen LogP contribution in [0.4, 0.5) is 0 Å². The molecule has 3 heterocycles. The Morgan fingerprint density at radius 1 is 0.316 bits per heavy atom. The minimum Gasteiger partial charge on any atom is -0.495 e. The van der Waals surface area contributed by atoms with E-state index in [4.69, 9.17) is 78.2 Å². The van der Waals surface area contributed by atoms with Gasteiger partial charge < -0.3 is 28.4 Å². The van der Waals surface area contributed by atoms with Crippen LogP contribution in [0.3, 0.4) is 0 Å². The molecule has 0 saturated heterocycles. The summed E-state index contributed by atoms with van der Waals surface area (Å²) in [4.78, 5) is 16.0. The minimum atomic E-state index is 0.345. The molecule has 0 amide bonds. The monoisotopic (exact) mass is 813 g/mol. The summed E-state index contributed by atoms with van der Waals surface area (Å²) in [7, 11) is 9.72. The maximum atomic E-state index is 6.44. The molecule has 0 aliphatic rings. The topological polar surface area (TPSA) is 94.1 Å². The second-order valence-corrected chi connectivity index (χ2v) is 14.8. The quantitative estimate of drug-likeness (QED) is 0.104. The van der Waals surface area contributed by atoms with Crippen molar-refractivity contribution < 1.29 is 28.4 Å². The van der Waals surface area contributed by atoms with E-state index in [9.17, 15) is 0 Å². The first-order valence-corrected chi connectivity index (χ1v) is 18.9. The average molecular weight is 815 g/mol. The summed E-state index contributed by atoms with van der Waals surface area (Å²) in [6, 6.07) is 22.7. The molecule has 0 unspecified atom stereocenters. The van der Waals surface area contributed by atoms with Crippen molar-refractivity contribution in [2.45, 2.75) is 0 Å². The van der Waals surface area contributed by atoms with Gasteiger partial charge in [0.1, 0.15) is 17.2 Å². The minimum absolute atomic E-state index is 0.345. The average Bonchev–Trinajstić information content (AvgIpc) is 3.24. The highest BCUT2D eigenvalue weighted by Crippen LogP contribution is 2.62. The highest BCUT2D eigenvalue weighted by Gasteiger charge is 2.37. The van der Waals surface area contributed by atoms with Crippen LogP contribution < -0.4 is 28.4 Å². The molecule has 10 aromatic rings. The van der Waals surface area contributed by atoms with Gasteiger partial charge in [0.25, 0.3) is 0 Å². The Labute approximate surface area is 340 Å². The number of benzene rings is 7. The predicted molar refractivity (Wildman–Crippen MR) is 229 cm³/mol. The molecule has 3 aromatic heterocycles. The number of methoxy groups -OCH3 is 6. The molecule has 7 aromatic carbocycles. The third kappa shape index (κ3) is 4.73. The first-order valence-electron chi connectivity index (χ1n) is 17.8. The largest absolute Gasteiger partial charge is 0.495 e. The summed E-state index contributed by atoms with van der Waals surface area (Å²) >= 11 is 19.3. The van der Waals surface area contributed by atoms with E-state index < -0.39 is 0 Å². The first kappa shape index (κ1) is 35.4. The van der Waals surface area contributed by atoms with E-state index in [0.29, 0.717) is 99.4 Å². The van der Waals surface area contributed by atoms with Crippen molar-refractivity contribution in [2.75, 3.05) is 42.7 Å². The second-order valence-electron chi connectivity index (χ2n) is 13.5. The Balaban J connectivity index is 1.62. The van der Waals surface area contributed by atoms with Gasteiger partial charge in [0.2, 0.25) is 17.6 Å². The molecule has 0 radical (unpaired) electrons. The van der Waals surface area contributed by atoms with Crippen molar-refractivity contribution in [2.24, 2.45) is 0 Å². The van der Waals surface area contributed by atoms with Crippen molar-refractivity contribution in [3.05, 3.63) is 87.9 Å². The maximum Gasteiger partial charge on any atom is 0.225 e. The van der Waals surface area contributed by atoms with Crippen LogP contribution in [0.15, 0.2) is 72.8 Å². The van der Waals surface area contributed by atoms with Crippen molar-refractivity contribution in [1.29, 1.82) is 0 Å². The molecule has 9 nitrogen and oxygen atoms in total. The van der Waals surface area contributed by atoms with Crippen molar-refractivity contribution in [1.82, 2.24) is 15.0 Å². The van der Waals surface area contributed by atoms with Crippen LogP contribution in [0.1, 0.15) is 0 Å². The Morgan fingerprint density at radius 3 is 0.772 bits per heavy atom. The lowest BCUT2D eigenvalue weighted by molar-refractivity contribution is 0.394. The van der Waals surface area contributed by atoms with Gasteiger partial charge in [0.15, 0.2) is 0 Å². The number of rotatable bonds is 9. The van der Waals surface area contributed by atoms with Gasteiger partial charge in [-0.1, -0.05) is 71.2 Å². The van der Waals surface area contributed by atoms with Crippen molar-refractivity contribution in [3.8, 4) is 68.3 Å². The molecule has 0 bridgehead atoms. The number of nitrogens with zero attached hydrogens (tertiary/aromatic N) is 3. The second kappa shape index (κ2) is 13.0. The number of pyridine rings is 3. The molecule has 282 valence electrons. The molecule has 57 heavy (non-hydrogen) atoms. The maximum absolute atomic E-state index is 6.44. The summed E-state index contributed by atoms with van der Waals surface area (Å²) < 4.78 is 37.9. The molecule has 0 aliphatic carbocycles. The lowest BCUT2D eigenvalue weighted by Gasteiger charge is -2.28. The van der Waals surface area contributed by atoms with Crippen LogP contribution in [-0.2, 0) is 0 Å². The SMILES string of the molecule is COc1nc2c(-c3ccc(Cl)cc3)c(OC)c3c(OC)nc4c(-c5ccc(Cl)cc5)c(OC)c5c(OC)nc6c(-c7ccc(Cl)cc7)c(OC)c1c1c6c5c4c3c21. The van der Waals surface area contributed by atoms with Gasteiger partial charge in [-0.05, 0) is 53.1 Å². The fourth-order valence-corrected chi connectivity index (χ4v) is 9.13. The number of hydrogen-bond acceptors (Lipinski definition) is 9. The highest BCUT2D eigenvalue weighted by atomic mass is 35.5. The fourth-order valence-electron chi connectivity index (χ4n) is 8.75. The zero-order valence-corrected chi connectivity index (χ0v) is 33.6. The van der Waals surface area contributed by atoms with Gasteiger partial charge in [-0.2, -0.15) is 0 Å². The molecular weight excluding hydrogens is 785 g/mol. The van der Waals surface area contributed by atoms with Crippen LogP contribution >= 0.6 is 34.8 Å². The lowest BCUT2D eigenvalue weighted by atomic mass is 9.81. The van der Waals surface area contributed by atoms with E-state index in [0.717, 1.165) is 49.0 Å². The van der Waals surface area contributed by atoms with Crippen molar-refractivity contribution >= 4 is 99.8 Å². The smallest absolute Gasteiger partial charge is 0.225 e. The van der Waals surface area contributed by atoms with E-state index in [-0.39, 0.29) is 0 Å². The number of ether oxygens (including phenoxy) is 6. The molecule has 0 spiro atoms. The normalized spacial score (nSPS) is 11.9. The van der Waals surface area contributed by atoms with Gasteiger partial charge in [-0.15, -0.1) is 0 Å². The van der Waals surface area contributed by atoms with E-state index >= 15 is 0 Å². The molecule has 0 atom stereocenters. The van der Waals surface area contributed by atoms with E-state index in [1.54, 1.807) is 42.7 Å². The molecular formula is C45H30Cl3N3O6.